The highest BCUT2D eigenvalue weighted by Crippen LogP contribution is 2.17. The summed E-state index contributed by atoms with van der Waals surface area (Å²) in [6, 6.07) is 0. The van der Waals surface area contributed by atoms with E-state index in [9.17, 15) is 9.59 Å². The molecule has 218 valence electrons. The van der Waals surface area contributed by atoms with E-state index in [4.69, 9.17) is 9.84 Å². The van der Waals surface area contributed by atoms with Gasteiger partial charge >= 0.3 is 11.9 Å². The van der Waals surface area contributed by atoms with Crippen LogP contribution in [0.5, 0.6) is 0 Å². The molecule has 0 amide bonds. The molecule has 1 atom stereocenters. The molecular formula is C33H62O4. The molecule has 1 unspecified atom stereocenters. The predicted molar refractivity (Wildman–Crippen MR) is 158 cm³/mol. The Balaban J connectivity index is 3.58. The van der Waals surface area contributed by atoms with Gasteiger partial charge in [0.05, 0.1) is 0 Å². The fourth-order valence-electron chi connectivity index (χ4n) is 4.88. The van der Waals surface area contributed by atoms with E-state index in [1.807, 2.05) is 0 Å². The lowest BCUT2D eigenvalue weighted by Gasteiger charge is -2.17. The first-order chi connectivity index (χ1) is 18.1. The summed E-state index contributed by atoms with van der Waals surface area (Å²) in [5.41, 5.74) is 0. The number of unbranched alkanes of at least 4 members (excludes halogenated alkanes) is 18. The third-order valence-corrected chi connectivity index (χ3v) is 7.22. The molecular weight excluding hydrogens is 460 g/mol. The topological polar surface area (TPSA) is 63.6 Å². The van der Waals surface area contributed by atoms with Crippen LogP contribution in [0.4, 0.5) is 0 Å². The molecule has 0 rings (SSSR count). The van der Waals surface area contributed by atoms with Crippen molar-refractivity contribution in [1.82, 2.24) is 0 Å². The Hall–Kier alpha value is -1.32. The molecule has 0 aromatic carbocycles. The first kappa shape index (κ1) is 35.7. The molecule has 0 fully saturated rings. The van der Waals surface area contributed by atoms with Gasteiger partial charge in [-0.2, -0.15) is 0 Å². The van der Waals surface area contributed by atoms with Crippen molar-refractivity contribution in [3.05, 3.63) is 12.2 Å². The minimum absolute atomic E-state index is 0.00237. The number of carboxylic acid groups (broad SMARTS) is 1. The normalized spacial score (nSPS) is 12.3. The van der Waals surface area contributed by atoms with Crippen LogP contribution in [0.25, 0.3) is 0 Å². The summed E-state index contributed by atoms with van der Waals surface area (Å²) < 4.78 is 5.81. The van der Waals surface area contributed by atoms with E-state index >= 15 is 0 Å². The summed E-state index contributed by atoms with van der Waals surface area (Å²) in [5, 5.41) is 8.65. The highest BCUT2D eigenvalue weighted by molar-refractivity contribution is 5.69. The van der Waals surface area contributed by atoms with Crippen LogP contribution in [0, 0.1) is 0 Å². The van der Waals surface area contributed by atoms with Crippen LogP contribution in [-0.2, 0) is 14.3 Å². The molecule has 4 nitrogen and oxygen atoms in total. The summed E-state index contributed by atoms with van der Waals surface area (Å²) in [5.74, 6) is -0.688. The molecule has 1 N–H and O–H groups in total. The van der Waals surface area contributed by atoms with E-state index in [-0.39, 0.29) is 12.1 Å². The summed E-state index contributed by atoms with van der Waals surface area (Å²) in [6.45, 7) is 4.43. The highest BCUT2D eigenvalue weighted by atomic mass is 16.5. The average molecular weight is 523 g/mol. The summed E-state index contributed by atoms with van der Waals surface area (Å²) in [7, 11) is 0. The molecule has 0 saturated heterocycles. The Kier molecular flexibility index (Phi) is 28.2. The second-order valence-electron chi connectivity index (χ2n) is 11.0. The van der Waals surface area contributed by atoms with Crippen LogP contribution in [-0.4, -0.2) is 23.1 Å². The molecule has 0 bridgehead atoms. The maximum Gasteiger partial charge on any atom is 0.306 e. The van der Waals surface area contributed by atoms with Gasteiger partial charge in [-0.05, 0) is 57.8 Å². The molecule has 0 aromatic rings. The zero-order chi connectivity index (χ0) is 27.2. The van der Waals surface area contributed by atoms with Crippen LogP contribution >= 0.6 is 0 Å². The summed E-state index contributed by atoms with van der Waals surface area (Å²) in [6.07, 6.45) is 34.2. The molecule has 0 aliphatic carbocycles. The molecule has 0 aliphatic heterocycles. The van der Waals surface area contributed by atoms with Crippen molar-refractivity contribution in [3.8, 4) is 0 Å². The number of rotatable bonds is 29. The molecule has 0 aliphatic rings. The van der Waals surface area contributed by atoms with Crippen molar-refractivity contribution in [2.45, 2.75) is 187 Å². The van der Waals surface area contributed by atoms with Crippen LogP contribution < -0.4 is 0 Å². The van der Waals surface area contributed by atoms with Gasteiger partial charge in [-0.3, -0.25) is 9.59 Å². The Bertz CT molecular complexity index is 528. The lowest BCUT2D eigenvalue weighted by molar-refractivity contribution is -0.150. The van der Waals surface area contributed by atoms with Gasteiger partial charge in [0.15, 0.2) is 0 Å². The van der Waals surface area contributed by atoms with Crippen molar-refractivity contribution in [2.75, 3.05) is 0 Å². The quantitative estimate of drug-likeness (QED) is 0.0602. The second kappa shape index (κ2) is 29.2. The lowest BCUT2D eigenvalue weighted by atomic mass is 10.0. The smallest absolute Gasteiger partial charge is 0.306 e. The maximum atomic E-state index is 12.3. The maximum absolute atomic E-state index is 12.3. The molecule has 0 saturated carbocycles. The van der Waals surface area contributed by atoms with Gasteiger partial charge in [-0.15, -0.1) is 0 Å². The van der Waals surface area contributed by atoms with Gasteiger partial charge in [-0.1, -0.05) is 122 Å². The van der Waals surface area contributed by atoms with Gasteiger partial charge < -0.3 is 9.84 Å². The third kappa shape index (κ3) is 29.1. The van der Waals surface area contributed by atoms with E-state index in [2.05, 4.69) is 26.0 Å². The molecule has 0 spiro atoms. The first-order valence-electron chi connectivity index (χ1n) is 16.2. The van der Waals surface area contributed by atoms with Gasteiger partial charge in [-0.25, -0.2) is 0 Å². The predicted octanol–water partition coefficient (Wildman–Crippen LogP) is 10.7. The van der Waals surface area contributed by atoms with Gasteiger partial charge in [0.2, 0.25) is 0 Å². The average Bonchev–Trinajstić information content (AvgIpc) is 2.87. The minimum Gasteiger partial charge on any atom is -0.481 e. The van der Waals surface area contributed by atoms with E-state index in [0.717, 1.165) is 57.8 Å². The number of esters is 1. The van der Waals surface area contributed by atoms with Crippen molar-refractivity contribution in [3.63, 3.8) is 0 Å². The molecule has 0 radical (unpaired) electrons. The fourth-order valence-corrected chi connectivity index (χ4v) is 4.88. The van der Waals surface area contributed by atoms with E-state index in [1.165, 1.54) is 96.3 Å². The number of ether oxygens (including phenoxy) is 1. The Morgan fingerprint density at radius 3 is 1.54 bits per heavy atom. The van der Waals surface area contributed by atoms with Gasteiger partial charge in [0.1, 0.15) is 6.10 Å². The number of carbonyl (C=O) groups excluding carboxylic acids is 1. The first-order valence-corrected chi connectivity index (χ1v) is 16.2. The Morgan fingerprint density at radius 1 is 0.568 bits per heavy atom. The second-order valence-corrected chi connectivity index (χ2v) is 11.0. The molecule has 4 heteroatoms. The summed E-state index contributed by atoms with van der Waals surface area (Å²) in [4.78, 5) is 22.8. The van der Waals surface area contributed by atoms with Crippen LogP contribution in [0.2, 0.25) is 0 Å². The van der Waals surface area contributed by atoms with Crippen molar-refractivity contribution < 1.29 is 19.4 Å². The van der Waals surface area contributed by atoms with Crippen molar-refractivity contribution in [2.24, 2.45) is 0 Å². The van der Waals surface area contributed by atoms with Gasteiger partial charge in [0, 0.05) is 12.8 Å². The minimum atomic E-state index is -0.685. The zero-order valence-electron chi connectivity index (χ0n) is 24.8. The largest absolute Gasteiger partial charge is 0.481 e. The van der Waals surface area contributed by atoms with E-state index in [0.29, 0.717) is 12.8 Å². The van der Waals surface area contributed by atoms with Crippen molar-refractivity contribution in [1.29, 1.82) is 0 Å². The van der Waals surface area contributed by atoms with Crippen LogP contribution in [0.1, 0.15) is 181 Å². The standard InChI is InChI=1S/C33H62O4/c1-3-5-6-7-8-9-10-11-12-13-14-15-20-23-26-30-33(36)37-31(27-4-2)28-24-21-18-16-17-19-22-25-29-32(34)35/h11-12,31H,3-10,13-30H2,1-2H3,(H,34,35)/b12-11-. The summed E-state index contributed by atoms with van der Waals surface area (Å²) >= 11 is 0. The number of aliphatic carboxylic acids is 1. The number of hydrogen-bond donors (Lipinski definition) is 1. The van der Waals surface area contributed by atoms with Crippen LogP contribution in [0.3, 0.4) is 0 Å². The number of hydrogen-bond acceptors (Lipinski definition) is 3. The number of carboxylic acids is 1. The molecule has 0 aromatic heterocycles. The van der Waals surface area contributed by atoms with Gasteiger partial charge in [0.25, 0.3) is 0 Å². The monoisotopic (exact) mass is 522 g/mol. The number of allylic oxidation sites excluding steroid dienone is 2. The SMILES string of the molecule is CCCCCCCC/C=C\CCCCCCCC(=O)OC(CCC)CCCCCCCCCCC(=O)O. The fraction of sp³-hybridized carbons (Fsp3) is 0.879. The van der Waals surface area contributed by atoms with E-state index < -0.39 is 5.97 Å². The third-order valence-electron chi connectivity index (χ3n) is 7.22. The molecule has 37 heavy (non-hydrogen) atoms. The number of carbonyl (C=O) groups is 2. The molecule has 0 heterocycles. The highest BCUT2D eigenvalue weighted by Gasteiger charge is 2.13. The zero-order valence-corrected chi connectivity index (χ0v) is 24.8. The Labute approximate surface area is 230 Å². The van der Waals surface area contributed by atoms with Crippen molar-refractivity contribution >= 4 is 11.9 Å². The Morgan fingerprint density at radius 2 is 1.03 bits per heavy atom. The van der Waals surface area contributed by atoms with Crippen LogP contribution in [0.15, 0.2) is 12.2 Å². The lowest BCUT2D eigenvalue weighted by Crippen LogP contribution is -2.18. The van der Waals surface area contributed by atoms with E-state index in [1.54, 1.807) is 0 Å².